The molecule has 0 N–H and O–H groups in total. The Morgan fingerprint density at radius 3 is 0.909 bits per heavy atom. The van der Waals surface area contributed by atoms with E-state index in [9.17, 15) is 0 Å². The summed E-state index contributed by atoms with van der Waals surface area (Å²) >= 11 is 2.55. The predicted octanol–water partition coefficient (Wildman–Crippen LogP) is 3.33. The molecule has 0 aromatic heterocycles. The van der Waals surface area contributed by atoms with Crippen LogP contribution in [0.3, 0.4) is 0 Å². The van der Waals surface area contributed by atoms with E-state index >= 15 is 0 Å². The minimum atomic E-state index is -0.981. The molecule has 0 aliphatic heterocycles. The molecular weight excluding hydrogens is 143 g/mol. The average Bonchev–Trinajstić information content (AvgIpc) is 1.84. The molecule has 0 rings (SSSR count). The van der Waals surface area contributed by atoms with Crippen molar-refractivity contribution in [2.75, 3.05) is 0 Å². The zero-order valence-electron chi connectivity index (χ0n) is 9.23. The fourth-order valence-corrected chi connectivity index (χ4v) is 6.00. The third kappa shape index (κ3) is 2.37. The summed E-state index contributed by atoms with van der Waals surface area (Å²) in [4.78, 5) is 0. The number of hydrogen-bond donors (Lipinski definition) is 0. The predicted molar refractivity (Wildman–Crippen MR) is 56.8 cm³/mol. The van der Waals surface area contributed by atoms with Crippen LogP contribution in [0, 0.1) is 0 Å². The van der Waals surface area contributed by atoms with Crippen LogP contribution in [-0.2, 0) is 0 Å². The van der Waals surface area contributed by atoms with Gasteiger partial charge in [0.2, 0.25) is 0 Å². The SMILES string of the molecule is [Li][Si](C(C)C)(C(C)C)C(C)C. The van der Waals surface area contributed by atoms with Gasteiger partial charge in [-0.05, 0) is 0 Å². The summed E-state index contributed by atoms with van der Waals surface area (Å²) in [6.45, 7) is 14.4. The Morgan fingerprint density at radius 1 is 0.727 bits per heavy atom. The molecule has 0 aromatic carbocycles. The molecule has 0 radical (unpaired) electrons. The Bertz CT molecular complexity index is 97.0. The van der Waals surface area contributed by atoms with Gasteiger partial charge in [-0.3, -0.25) is 0 Å². The zero-order valence-corrected chi connectivity index (χ0v) is 10.2. The summed E-state index contributed by atoms with van der Waals surface area (Å²) in [5, 5.41) is 0. The number of rotatable bonds is 3. The summed E-state index contributed by atoms with van der Waals surface area (Å²) in [7, 11) is 0. The maximum atomic E-state index is 2.55. The van der Waals surface area contributed by atoms with Crippen molar-refractivity contribution >= 4 is 23.4 Å². The third-order valence-electron chi connectivity index (χ3n) is 3.73. The van der Waals surface area contributed by atoms with Gasteiger partial charge in [-0.15, -0.1) is 0 Å². The molecule has 0 heterocycles. The van der Waals surface area contributed by atoms with Crippen molar-refractivity contribution in [3.8, 4) is 0 Å². The van der Waals surface area contributed by atoms with E-state index in [0.717, 1.165) is 16.6 Å². The molecule has 0 saturated heterocycles. The van der Waals surface area contributed by atoms with Gasteiger partial charge in [0.05, 0.1) is 0 Å². The Hall–Kier alpha value is 0.814. The van der Waals surface area contributed by atoms with Crippen molar-refractivity contribution in [3.63, 3.8) is 0 Å². The van der Waals surface area contributed by atoms with E-state index in [4.69, 9.17) is 0 Å². The van der Waals surface area contributed by atoms with Crippen molar-refractivity contribution in [1.82, 2.24) is 0 Å². The third-order valence-corrected chi connectivity index (χ3v) is 11.2. The van der Waals surface area contributed by atoms with Crippen LogP contribution >= 0.6 is 0 Å². The van der Waals surface area contributed by atoms with Crippen molar-refractivity contribution in [2.24, 2.45) is 0 Å². The molecule has 0 bridgehead atoms. The summed E-state index contributed by atoms with van der Waals surface area (Å²) in [5.74, 6) is 0. The molecule has 0 aliphatic carbocycles. The zero-order chi connectivity index (χ0) is 9.23. The van der Waals surface area contributed by atoms with E-state index < -0.39 is 6.40 Å². The molecule has 0 amide bonds. The summed E-state index contributed by atoms with van der Waals surface area (Å²) < 4.78 is 0. The van der Waals surface area contributed by atoms with E-state index in [1.165, 1.54) is 0 Å². The summed E-state index contributed by atoms with van der Waals surface area (Å²) in [6, 6.07) is 0. The molecule has 0 atom stereocenters. The molecular formula is C9H21LiSi. The first-order valence-corrected chi connectivity index (χ1v) is 7.56. The van der Waals surface area contributed by atoms with Crippen LogP contribution in [0.15, 0.2) is 0 Å². The van der Waals surface area contributed by atoms with Gasteiger partial charge in [0.25, 0.3) is 0 Å². The van der Waals surface area contributed by atoms with Gasteiger partial charge in [0.1, 0.15) is 0 Å². The van der Waals surface area contributed by atoms with Gasteiger partial charge >= 0.3 is 81.6 Å². The van der Waals surface area contributed by atoms with E-state index in [0.29, 0.717) is 0 Å². The van der Waals surface area contributed by atoms with Gasteiger partial charge in [0, 0.05) is 0 Å². The van der Waals surface area contributed by atoms with Crippen LogP contribution in [0.4, 0.5) is 0 Å². The summed E-state index contributed by atoms with van der Waals surface area (Å²) in [5.41, 5.74) is 2.76. The quantitative estimate of drug-likeness (QED) is 0.561. The molecule has 0 spiro atoms. The fourth-order valence-electron chi connectivity index (χ4n) is 2.00. The molecule has 62 valence electrons. The standard InChI is InChI=1S/C9H21Si.Li/c1-7(2)10(8(3)4)9(5)6;/h7-9H,1-6H3;. The fraction of sp³-hybridized carbons (Fsp3) is 1.00. The van der Waals surface area contributed by atoms with Crippen LogP contribution in [0.5, 0.6) is 0 Å². The Labute approximate surface area is 81.7 Å². The van der Waals surface area contributed by atoms with Gasteiger partial charge < -0.3 is 0 Å². The Kier molecular flexibility index (Phi) is 4.47. The van der Waals surface area contributed by atoms with Crippen molar-refractivity contribution in [3.05, 3.63) is 0 Å². The summed E-state index contributed by atoms with van der Waals surface area (Å²) in [6.07, 6.45) is -0.981. The van der Waals surface area contributed by atoms with Crippen molar-refractivity contribution in [2.45, 2.75) is 58.2 Å². The number of hydrogen-bond acceptors (Lipinski definition) is 0. The topological polar surface area (TPSA) is 0 Å². The van der Waals surface area contributed by atoms with Crippen LogP contribution in [0.1, 0.15) is 41.5 Å². The van der Waals surface area contributed by atoms with Gasteiger partial charge in [-0.1, -0.05) is 0 Å². The second kappa shape index (κ2) is 4.17. The molecule has 0 unspecified atom stereocenters. The molecule has 0 aromatic rings. The van der Waals surface area contributed by atoms with Gasteiger partial charge in [-0.25, -0.2) is 0 Å². The maximum absolute atomic E-state index is 2.55. The minimum absolute atomic E-state index is 0.919. The van der Waals surface area contributed by atoms with E-state index in [1.54, 1.807) is 0 Å². The molecule has 0 fully saturated rings. The van der Waals surface area contributed by atoms with Crippen molar-refractivity contribution in [1.29, 1.82) is 0 Å². The average molecular weight is 164 g/mol. The van der Waals surface area contributed by atoms with Crippen molar-refractivity contribution < 1.29 is 0 Å². The van der Waals surface area contributed by atoms with Gasteiger partial charge in [-0.2, -0.15) is 0 Å². The van der Waals surface area contributed by atoms with Crippen LogP contribution in [0.2, 0.25) is 16.6 Å². The molecule has 2 heteroatoms. The first-order chi connectivity index (χ1) is 4.83. The second-order valence-corrected chi connectivity index (χ2v) is 11.0. The molecule has 0 saturated carbocycles. The molecule has 0 nitrogen and oxygen atoms in total. The molecule has 11 heavy (non-hydrogen) atoms. The first-order valence-electron chi connectivity index (χ1n) is 4.83. The van der Waals surface area contributed by atoms with E-state index in [2.05, 4.69) is 58.6 Å². The van der Waals surface area contributed by atoms with Crippen LogP contribution < -0.4 is 0 Å². The second-order valence-electron chi connectivity index (χ2n) is 4.83. The Morgan fingerprint density at radius 2 is 0.909 bits per heavy atom. The van der Waals surface area contributed by atoms with Crippen LogP contribution in [-0.4, -0.2) is 23.4 Å². The normalized spacial score (nSPS) is 13.7. The first kappa shape index (κ1) is 11.8. The van der Waals surface area contributed by atoms with Gasteiger partial charge in [0.15, 0.2) is 0 Å². The Balaban J connectivity index is 4.53. The monoisotopic (exact) mass is 164 g/mol. The van der Waals surface area contributed by atoms with E-state index in [1.807, 2.05) is 0 Å². The van der Waals surface area contributed by atoms with E-state index in [-0.39, 0.29) is 0 Å². The van der Waals surface area contributed by atoms with Crippen LogP contribution in [0.25, 0.3) is 0 Å². The molecule has 0 aliphatic rings.